The van der Waals surface area contributed by atoms with Crippen LogP contribution in [0.25, 0.3) is 0 Å². The summed E-state index contributed by atoms with van der Waals surface area (Å²) in [5.41, 5.74) is 0. The van der Waals surface area contributed by atoms with Crippen LogP contribution >= 0.6 is 0 Å². The molecule has 0 spiro atoms. The highest BCUT2D eigenvalue weighted by Crippen LogP contribution is 2.11. The Labute approximate surface area is 80.8 Å². The highest BCUT2D eigenvalue weighted by molar-refractivity contribution is 7.91. The quantitative estimate of drug-likeness (QED) is 0.739. The van der Waals surface area contributed by atoms with Crippen LogP contribution in [0.2, 0.25) is 0 Å². The third-order valence-electron chi connectivity index (χ3n) is 2.68. The molecule has 0 bridgehead atoms. The molecule has 0 aromatic rings. The van der Waals surface area contributed by atoms with E-state index in [4.69, 9.17) is 0 Å². The molecule has 1 rings (SSSR count). The van der Waals surface area contributed by atoms with Crippen molar-refractivity contribution >= 4 is 9.84 Å². The minimum atomic E-state index is -2.71. The Balaban J connectivity index is 2.25. The number of sulfone groups is 1. The van der Waals surface area contributed by atoms with Crippen LogP contribution in [0.3, 0.4) is 0 Å². The third-order valence-corrected chi connectivity index (χ3v) is 4.45. The summed E-state index contributed by atoms with van der Waals surface area (Å²) in [7, 11) is -2.71. The maximum atomic E-state index is 11.1. The highest BCUT2D eigenvalue weighted by atomic mass is 32.2. The van der Waals surface area contributed by atoms with E-state index in [0.29, 0.717) is 17.4 Å². The smallest absolute Gasteiger partial charge is 0.151 e. The van der Waals surface area contributed by atoms with Crippen molar-refractivity contribution < 1.29 is 8.42 Å². The molecule has 0 aliphatic carbocycles. The second kappa shape index (κ2) is 4.42. The van der Waals surface area contributed by atoms with E-state index in [-0.39, 0.29) is 6.04 Å². The lowest BCUT2D eigenvalue weighted by Gasteiger charge is -2.14. The van der Waals surface area contributed by atoms with E-state index in [0.717, 1.165) is 19.4 Å². The first-order valence-electron chi connectivity index (χ1n) is 4.97. The van der Waals surface area contributed by atoms with Crippen molar-refractivity contribution in [3.63, 3.8) is 0 Å². The zero-order valence-electron chi connectivity index (χ0n) is 8.41. The normalized spacial score (nSPS) is 28.9. The summed E-state index contributed by atoms with van der Waals surface area (Å²) >= 11 is 0. The van der Waals surface area contributed by atoms with Gasteiger partial charge in [-0.2, -0.15) is 0 Å². The molecule has 1 saturated heterocycles. The van der Waals surface area contributed by atoms with E-state index < -0.39 is 9.84 Å². The Morgan fingerprint density at radius 3 is 2.69 bits per heavy atom. The minimum Gasteiger partial charge on any atom is -0.313 e. The number of rotatable bonds is 4. The molecule has 2 unspecified atom stereocenters. The molecule has 1 heterocycles. The van der Waals surface area contributed by atoms with Gasteiger partial charge < -0.3 is 5.32 Å². The molecule has 78 valence electrons. The first-order valence-corrected chi connectivity index (χ1v) is 6.79. The lowest BCUT2D eigenvalue weighted by molar-refractivity contribution is 0.456. The van der Waals surface area contributed by atoms with E-state index in [9.17, 15) is 8.42 Å². The molecule has 1 N–H and O–H groups in total. The van der Waals surface area contributed by atoms with Gasteiger partial charge in [0.2, 0.25) is 0 Å². The number of hydrogen-bond acceptors (Lipinski definition) is 3. The van der Waals surface area contributed by atoms with E-state index >= 15 is 0 Å². The molecule has 0 saturated carbocycles. The second-order valence-corrected chi connectivity index (χ2v) is 6.25. The summed E-state index contributed by atoms with van der Waals surface area (Å²) in [4.78, 5) is 0. The monoisotopic (exact) mass is 205 g/mol. The van der Waals surface area contributed by atoms with Crippen LogP contribution in [-0.2, 0) is 9.84 Å². The number of nitrogens with one attached hydrogen (secondary N) is 1. The van der Waals surface area contributed by atoms with Crippen molar-refractivity contribution in [1.29, 1.82) is 0 Å². The average Bonchev–Trinajstić information content (AvgIpc) is 2.41. The fraction of sp³-hybridized carbons (Fsp3) is 1.00. The Morgan fingerprint density at radius 2 is 2.23 bits per heavy atom. The zero-order valence-corrected chi connectivity index (χ0v) is 9.23. The van der Waals surface area contributed by atoms with Crippen molar-refractivity contribution in [3.8, 4) is 0 Å². The summed E-state index contributed by atoms with van der Waals surface area (Å²) in [6.07, 6.45) is 1.94. The molecule has 1 fully saturated rings. The van der Waals surface area contributed by atoms with Gasteiger partial charge in [-0.1, -0.05) is 20.3 Å². The summed E-state index contributed by atoms with van der Waals surface area (Å²) in [5, 5.41) is 3.31. The Hall–Kier alpha value is -0.0900. The highest BCUT2D eigenvalue weighted by Gasteiger charge is 2.27. The Morgan fingerprint density at radius 1 is 1.54 bits per heavy atom. The van der Waals surface area contributed by atoms with Gasteiger partial charge in [-0.3, -0.25) is 0 Å². The predicted octanol–water partition coefficient (Wildman–Crippen LogP) is 0.809. The largest absolute Gasteiger partial charge is 0.313 e. The van der Waals surface area contributed by atoms with E-state index in [2.05, 4.69) is 19.2 Å². The first-order chi connectivity index (χ1) is 6.03. The Kier molecular flexibility index (Phi) is 3.74. The summed E-state index contributed by atoms with van der Waals surface area (Å²) < 4.78 is 22.2. The Bertz CT molecular complexity index is 248. The van der Waals surface area contributed by atoms with Crippen molar-refractivity contribution in [1.82, 2.24) is 5.32 Å². The van der Waals surface area contributed by atoms with Crippen LogP contribution in [0.4, 0.5) is 0 Å². The maximum absolute atomic E-state index is 11.1. The standard InChI is InChI=1S/C9H19NO2S/c1-3-8(2)6-10-9-4-5-13(11,12)7-9/h8-10H,3-7H2,1-2H3. The van der Waals surface area contributed by atoms with Gasteiger partial charge in [-0.15, -0.1) is 0 Å². The minimum absolute atomic E-state index is 0.207. The van der Waals surface area contributed by atoms with Crippen molar-refractivity contribution in [2.24, 2.45) is 5.92 Å². The topological polar surface area (TPSA) is 46.2 Å². The molecule has 1 aliphatic rings. The zero-order chi connectivity index (χ0) is 9.90. The fourth-order valence-corrected chi connectivity index (χ4v) is 3.18. The van der Waals surface area contributed by atoms with Gasteiger partial charge in [0.05, 0.1) is 11.5 Å². The van der Waals surface area contributed by atoms with Crippen LogP contribution in [-0.4, -0.2) is 32.5 Å². The van der Waals surface area contributed by atoms with Gasteiger partial charge in [-0.25, -0.2) is 8.42 Å². The van der Waals surface area contributed by atoms with Gasteiger partial charge >= 0.3 is 0 Å². The van der Waals surface area contributed by atoms with Crippen molar-refractivity contribution in [2.45, 2.75) is 32.7 Å². The summed E-state index contributed by atoms with van der Waals surface area (Å²) in [5.74, 6) is 1.34. The van der Waals surface area contributed by atoms with Gasteiger partial charge in [0, 0.05) is 6.04 Å². The first kappa shape index (κ1) is 11.0. The average molecular weight is 205 g/mol. The lowest BCUT2D eigenvalue weighted by atomic mass is 10.1. The van der Waals surface area contributed by atoms with E-state index in [1.165, 1.54) is 0 Å². The molecular formula is C9H19NO2S. The molecule has 13 heavy (non-hydrogen) atoms. The van der Waals surface area contributed by atoms with Crippen LogP contribution in [0.1, 0.15) is 26.7 Å². The molecule has 0 aromatic carbocycles. The summed E-state index contributed by atoms with van der Waals surface area (Å²) in [6.45, 7) is 5.27. The van der Waals surface area contributed by atoms with Crippen LogP contribution in [0.5, 0.6) is 0 Å². The second-order valence-electron chi connectivity index (χ2n) is 4.02. The van der Waals surface area contributed by atoms with Gasteiger partial charge in [0.25, 0.3) is 0 Å². The van der Waals surface area contributed by atoms with Crippen molar-refractivity contribution in [3.05, 3.63) is 0 Å². The molecule has 4 heteroatoms. The SMILES string of the molecule is CCC(C)CNC1CCS(=O)(=O)C1. The molecule has 0 amide bonds. The third kappa shape index (κ3) is 3.65. The molecule has 0 radical (unpaired) electrons. The van der Waals surface area contributed by atoms with Gasteiger partial charge in [0.1, 0.15) is 0 Å². The molecule has 1 aliphatic heterocycles. The van der Waals surface area contributed by atoms with Crippen LogP contribution in [0.15, 0.2) is 0 Å². The van der Waals surface area contributed by atoms with Crippen LogP contribution < -0.4 is 5.32 Å². The molecule has 2 atom stereocenters. The predicted molar refractivity (Wildman–Crippen MR) is 54.5 cm³/mol. The van der Waals surface area contributed by atoms with Gasteiger partial charge in [0.15, 0.2) is 9.84 Å². The van der Waals surface area contributed by atoms with Crippen molar-refractivity contribution in [2.75, 3.05) is 18.1 Å². The van der Waals surface area contributed by atoms with E-state index in [1.54, 1.807) is 0 Å². The fourth-order valence-electron chi connectivity index (χ4n) is 1.47. The summed E-state index contributed by atoms with van der Waals surface area (Å²) in [6, 6.07) is 0.207. The molecule has 3 nitrogen and oxygen atoms in total. The lowest BCUT2D eigenvalue weighted by Crippen LogP contribution is -2.33. The molecular weight excluding hydrogens is 186 g/mol. The number of hydrogen-bond donors (Lipinski definition) is 1. The molecule has 0 aromatic heterocycles. The van der Waals surface area contributed by atoms with Crippen LogP contribution in [0, 0.1) is 5.92 Å². The van der Waals surface area contributed by atoms with Gasteiger partial charge in [-0.05, 0) is 18.9 Å². The van der Waals surface area contributed by atoms with E-state index in [1.807, 2.05) is 0 Å². The maximum Gasteiger partial charge on any atom is 0.151 e.